The van der Waals surface area contributed by atoms with Crippen LogP contribution in [0.4, 0.5) is 16.2 Å². The van der Waals surface area contributed by atoms with E-state index in [1.807, 2.05) is 0 Å². The lowest BCUT2D eigenvalue weighted by Gasteiger charge is -2.15. The smallest absolute Gasteiger partial charge is 0.344 e. The van der Waals surface area contributed by atoms with Crippen LogP contribution in [0.25, 0.3) is 0 Å². The third kappa shape index (κ3) is 4.03. The topological polar surface area (TPSA) is 145 Å². The molecule has 3 amide bonds. The molecule has 1 saturated heterocycles. The Kier molecular flexibility index (Phi) is 6.29. The number of urea groups is 1. The van der Waals surface area contributed by atoms with Crippen LogP contribution < -0.4 is 15.0 Å². The van der Waals surface area contributed by atoms with Crippen molar-refractivity contribution in [1.82, 2.24) is 5.32 Å². The Bertz CT molecular complexity index is 1160. The molecule has 32 heavy (non-hydrogen) atoms. The number of imide groups is 1. The van der Waals surface area contributed by atoms with E-state index in [1.54, 1.807) is 18.2 Å². The van der Waals surface area contributed by atoms with Crippen LogP contribution in [0, 0.1) is 10.1 Å². The first-order valence-corrected chi connectivity index (χ1v) is 9.29. The van der Waals surface area contributed by atoms with Crippen molar-refractivity contribution in [3.05, 3.63) is 75.5 Å². The van der Waals surface area contributed by atoms with E-state index in [1.165, 1.54) is 26.2 Å². The number of nitrogens with one attached hydrogen (secondary N) is 1. The van der Waals surface area contributed by atoms with Gasteiger partial charge in [0.15, 0.2) is 0 Å². The van der Waals surface area contributed by atoms with Crippen molar-refractivity contribution < 1.29 is 33.6 Å². The Morgan fingerprint density at radius 2 is 1.81 bits per heavy atom. The summed E-state index contributed by atoms with van der Waals surface area (Å²) >= 11 is 0. The second kappa shape index (κ2) is 9.08. The Morgan fingerprint density at radius 1 is 1.12 bits per heavy atom. The number of anilines is 1. The van der Waals surface area contributed by atoms with E-state index in [0.717, 1.165) is 18.2 Å². The number of non-ortho nitro benzene ring substituents is 1. The quantitative estimate of drug-likeness (QED) is 0.101. The van der Waals surface area contributed by atoms with Gasteiger partial charge in [-0.15, -0.1) is 0 Å². The highest BCUT2D eigenvalue weighted by molar-refractivity contribution is 6.35. The summed E-state index contributed by atoms with van der Waals surface area (Å²) in [6.45, 7) is 1.45. The number of Topliss-reactive ketones (excluding diaryl/α,β-unsaturated/α-hetero) is 1. The molecule has 11 heteroatoms. The summed E-state index contributed by atoms with van der Waals surface area (Å²) in [5.41, 5.74) is -1.52. The highest BCUT2D eigenvalue weighted by atomic mass is 16.6. The second-order valence-electron chi connectivity index (χ2n) is 6.35. The van der Waals surface area contributed by atoms with E-state index >= 15 is 0 Å². The number of nitro groups is 1. The predicted octanol–water partition coefficient (Wildman–Crippen LogP) is 2.36. The van der Waals surface area contributed by atoms with Gasteiger partial charge >= 0.3 is 12.0 Å². The molecule has 1 aliphatic rings. The monoisotopic (exact) mass is 439 g/mol. The van der Waals surface area contributed by atoms with Gasteiger partial charge in [0.1, 0.15) is 17.0 Å². The van der Waals surface area contributed by atoms with Crippen molar-refractivity contribution in [2.75, 3.05) is 18.6 Å². The van der Waals surface area contributed by atoms with Crippen LogP contribution in [-0.2, 0) is 14.3 Å². The van der Waals surface area contributed by atoms with E-state index < -0.39 is 39.9 Å². The van der Waals surface area contributed by atoms with Gasteiger partial charge in [-0.05, 0) is 13.0 Å². The number of hydrogen-bond donors (Lipinski definition) is 1. The maximum absolute atomic E-state index is 13.1. The molecule has 0 spiro atoms. The summed E-state index contributed by atoms with van der Waals surface area (Å²) in [6, 6.07) is 10.0. The van der Waals surface area contributed by atoms with Crippen LogP contribution >= 0.6 is 0 Å². The molecule has 1 fully saturated rings. The zero-order valence-electron chi connectivity index (χ0n) is 17.0. The fraction of sp³-hybridized carbons (Fsp3) is 0.143. The van der Waals surface area contributed by atoms with E-state index in [0.29, 0.717) is 4.90 Å². The summed E-state index contributed by atoms with van der Waals surface area (Å²) < 4.78 is 10.0. The molecular formula is C21H17N3O8. The number of methoxy groups -OCH3 is 1. The van der Waals surface area contributed by atoms with Crippen molar-refractivity contribution in [2.45, 2.75) is 6.92 Å². The van der Waals surface area contributed by atoms with Gasteiger partial charge in [-0.1, -0.05) is 30.3 Å². The summed E-state index contributed by atoms with van der Waals surface area (Å²) in [7, 11) is 1.21. The van der Waals surface area contributed by atoms with Crippen molar-refractivity contribution in [1.29, 1.82) is 0 Å². The first kappa shape index (κ1) is 22.2. The third-order valence-corrected chi connectivity index (χ3v) is 4.46. The number of amides is 3. The zero-order chi connectivity index (χ0) is 23.4. The molecule has 0 aliphatic carbocycles. The van der Waals surface area contributed by atoms with Crippen LogP contribution in [0.1, 0.15) is 17.3 Å². The minimum Gasteiger partial charge on any atom is -0.494 e. The number of ketones is 1. The maximum atomic E-state index is 13.1. The minimum atomic E-state index is -1.08. The molecule has 0 aromatic heterocycles. The molecule has 0 unspecified atom stereocenters. The van der Waals surface area contributed by atoms with Gasteiger partial charge in [0.2, 0.25) is 5.78 Å². The summed E-state index contributed by atoms with van der Waals surface area (Å²) in [6.07, 6.45) is 0. The summed E-state index contributed by atoms with van der Waals surface area (Å²) in [4.78, 5) is 62.3. The molecule has 2 aromatic carbocycles. The number of rotatable bonds is 7. The largest absolute Gasteiger partial charge is 0.494 e. The minimum absolute atomic E-state index is 0.0697. The average molecular weight is 439 g/mol. The highest BCUT2D eigenvalue weighted by Crippen LogP contribution is 2.35. The Morgan fingerprint density at radius 3 is 2.41 bits per heavy atom. The van der Waals surface area contributed by atoms with Gasteiger partial charge in [0.05, 0.1) is 30.4 Å². The van der Waals surface area contributed by atoms with Crippen molar-refractivity contribution in [3.8, 4) is 5.75 Å². The van der Waals surface area contributed by atoms with E-state index in [9.17, 15) is 29.3 Å². The van der Waals surface area contributed by atoms with Crippen molar-refractivity contribution >= 4 is 35.1 Å². The SMILES string of the molecule is CCOC(=O)C(C(=O)c1ccccc1)=C1NC(=O)N(c2ccc([N+](=O)[O-])cc2OC)C1=O. The van der Waals surface area contributed by atoms with E-state index in [2.05, 4.69) is 5.32 Å². The number of nitro benzene ring substituents is 1. The molecule has 2 aromatic rings. The standard InChI is InChI=1S/C21H17N3O8/c1-3-32-20(27)16(18(25)12-7-5-4-6-8-12)17-19(26)23(21(28)22-17)14-10-9-13(24(29)30)11-15(14)31-2/h4-11H,3H2,1-2H3,(H,22,28). The lowest BCUT2D eigenvalue weighted by atomic mass is 10.0. The molecule has 164 valence electrons. The molecule has 1 heterocycles. The van der Waals surface area contributed by atoms with Gasteiger partial charge in [0, 0.05) is 11.6 Å². The van der Waals surface area contributed by atoms with Gasteiger partial charge in [-0.2, -0.15) is 0 Å². The maximum Gasteiger partial charge on any atom is 0.344 e. The zero-order valence-corrected chi connectivity index (χ0v) is 17.0. The Labute approximate surface area is 181 Å². The number of esters is 1. The van der Waals surface area contributed by atoms with Crippen LogP contribution in [0.2, 0.25) is 0 Å². The third-order valence-electron chi connectivity index (χ3n) is 4.46. The van der Waals surface area contributed by atoms with Crippen LogP contribution in [0.15, 0.2) is 59.8 Å². The van der Waals surface area contributed by atoms with Crippen LogP contribution in [0.5, 0.6) is 5.75 Å². The fourth-order valence-electron chi connectivity index (χ4n) is 3.02. The Balaban J connectivity index is 2.12. The first-order chi connectivity index (χ1) is 15.3. The number of carbonyl (C=O) groups is 4. The van der Waals surface area contributed by atoms with Gasteiger partial charge in [-0.3, -0.25) is 19.7 Å². The molecule has 1 N–H and O–H groups in total. The second-order valence-corrected chi connectivity index (χ2v) is 6.35. The average Bonchev–Trinajstić information content (AvgIpc) is 3.07. The van der Waals surface area contributed by atoms with Crippen molar-refractivity contribution in [3.63, 3.8) is 0 Å². The highest BCUT2D eigenvalue weighted by Gasteiger charge is 2.42. The molecule has 0 bridgehead atoms. The molecule has 1 aliphatic heterocycles. The van der Waals surface area contributed by atoms with Gasteiger partial charge in [-0.25, -0.2) is 14.5 Å². The van der Waals surface area contributed by atoms with Gasteiger partial charge in [0.25, 0.3) is 11.6 Å². The normalized spacial score (nSPS) is 14.6. The van der Waals surface area contributed by atoms with Crippen LogP contribution in [0.3, 0.4) is 0 Å². The Hall–Kier alpha value is -4.54. The number of hydrogen-bond acceptors (Lipinski definition) is 8. The van der Waals surface area contributed by atoms with E-state index in [-0.39, 0.29) is 29.3 Å². The fourth-order valence-corrected chi connectivity index (χ4v) is 3.02. The van der Waals surface area contributed by atoms with E-state index in [4.69, 9.17) is 9.47 Å². The lowest BCUT2D eigenvalue weighted by Crippen LogP contribution is -2.31. The molecule has 3 rings (SSSR count). The molecular weight excluding hydrogens is 422 g/mol. The lowest BCUT2D eigenvalue weighted by molar-refractivity contribution is -0.384. The summed E-state index contributed by atoms with van der Waals surface area (Å²) in [5, 5.41) is 13.2. The number of nitrogens with zero attached hydrogens (tertiary/aromatic N) is 2. The number of carbonyl (C=O) groups excluding carboxylic acids is 4. The van der Waals surface area contributed by atoms with Gasteiger partial charge < -0.3 is 14.8 Å². The molecule has 0 radical (unpaired) electrons. The number of ether oxygens (including phenoxy) is 2. The number of benzene rings is 2. The molecule has 0 saturated carbocycles. The first-order valence-electron chi connectivity index (χ1n) is 9.29. The molecule has 11 nitrogen and oxygen atoms in total. The summed E-state index contributed by atoms with van der Waals surface area (Å²) in [5.74, 6) is -3.04. The van der Waals surface area contributed by atoms with Crippen LogP contribution in [-0.4, -0.2) is 42.3 Å². The molecule has 0 atom stereocenters. The predicted molar refractivity (Wildman–Crippen MR) is 110 cm³/mol. The van der Waals surface area contributed by atoms with Crippen molar-refractivity contribution in [2.24, 2.45) is 0 Å².